The largest absolute Gasteiger partial charge is 0.297 e. The summed E-state index contributed by atoms with van der Waals surface area (Å²) >= 11 is 1.54. The molecule has 0 aliphatic heterocycles. The summed E-state index contributed by atoms with van der Waals surface area (Å²) in [5.41, 5.74) is 1.21. The van der Waals surface area contributed by atoms with Gasteiger partial charge in [0.05, 0.1) is 0 Å². The van der Waals surface area contributed by atoms with Crippen LogP contribution in [-0.2, 0) is 4.79 Å². The number of carbonyl (C=O) groups is 1. The molecule has 20 heavy (non-hydrogen) atoms. The van der Waals surface area contributed by atoms with Crippen molar-refractivity contribution in [1.82, 2.24) is 0 Å². The van der Waals surface area contributed by atoms with Crippen LogP contribution in [0.3, 0.4) is 0 Å². The van der Waals surface area contributed by atoms with Crippen LogP contribution in [0, 0.1) is 17.7 Å². The van der Waals surface area contributed by atoms with Crippen LogP contribution in [0.1, 0.15) is 37.7 Å². The highest BCUT2D eigenvalue weighted by molar-refractivity contribution is 7.99. The SMILES string of the molecule is Cc1ccc(SCC(N=O)C(=O)C2CCCCC2)cc1. The number of Topliss-reactive ketones (excluding diaryl/α,β-unsaturated/α-hetero) is 1. The molecule has 0 amide bonds. The van der Waals surface area contributed by atoms with E-state index in [1.165, 1.54) is 23.7 Å². The summed E-state index contributed by atoms with van der Waals surface area (Å²) in [6.07, 6.45) is 5.28. The lowest BCUT2D eigenvalue weighted by Gasteiger charge is -2.22. The van der Waals surface area contributed by atoms with E-state index in [1.54, 1.807) is 0 Å². The predicted molar refractivity (Wildman–Crippen MR) is 83.1 cm³/mol. The number of hydrogen-bond donors (Lipinski definition) is 0. The lowest BCUT2D eigenvalue weighted by atomic mass is 9.84. The molecule has 108 valence electrons. The lowest BCUT2D eigenvalue weighted by Crippen LogP contribution is -2.29. The summed E-state index contributed by atoms with van der Waals surface area (Å²) in [5, 5.41) is 3.08. The van der Waals surface area contributed by atoms with Gasteiger partial charge in [0.15, 0.2) is 11.8 Å². The molecule has 0 spiro atoms. The molecule has 2 rings (SSSR count). The van der Waals surface area contributed by atoms with Gasteiger partial charge in [-0.3, -0.25) is 4.79 Å². The van der Waals surface area contributed by atoms with Crippen LogP contribution in [-0.4, -0.2) is 17.6 Å². The van der Waals surface area contributed by atoms with E-state index in [0.29, 0.717) is 5.75 Å². The van der Waals surface area contributed by atoms with Gasteiger partial charge in [-0.1, -0.05) is 42.1 Å². The molecular formula is C16H21NO2S. The number of benzene rings is 1. The molecule has 1 aliphatic carbocycles. The fraction of sp³-hybridized carbons (Fsp3) is 0.562. The van der Waals surface area contributed by atoms with Gasteiger partial charge < -0.3 is 0 Å². The molecule has 0 saturated heterocycles. The minimum atomic E-state index is -0.690. The number of aryl methyl sites for hydroxylation is 1. The Morgan fingerprint density at radius 3 is 2.50 bits per heavy atom. The Labute approximate surface area is 124 Å². The molecular weight excluding hydrogens is 270 g/mol. The first kappa shape index (κ1) is 15.2. The first-order valence-corrected chi connectivity index (χ1v) is 8.25. The van der Waals surface area contributed by atoms with E-state index in [-0.39, 0.29) is 11.7 Å². The van der Waals surface area contributed by atoms with Crippen molar-refractivity contribution in [2.75, 3.05) is 5.75 Å². The summed E-state index contributed by atoms with van der Waals surface area (Å²) in [6, 6.07) is 7.42. The zero-order valence-electron chi connectivity index (χ0n) is 11.9. The van der Waals surface area contributed by atoms with Gasteiger partial charge in [0.1, 0.15) is 0 Å². The summed E-state index contributed by atoms with van der Waals surface area (Å²) < 4.78 is 0. The molecule has 0 aromatic heterocycles. The van der Waals surface area contributed by atoms with Crippen LogP contribution in [0.15, 0.2) is 34.3 Å². The van der Waals surface area contributed by atoms with Gasteiger partial charge in [-0.15, -0.1) is 11.8 Å². The number of ketones is 1. The number of hydrogen-bond acceptors (Lipinski definition) is 4. The third kappa shape index (κ3) is 4.17. The molecule has 1 aromatic carbocycles. The highest BCUT2D eigenvalue weighted by Gasteiger charge is 2.28. The smallest absolute Gasteiger partial charge is 0.164 e. The van der Waals surface area contributed by atoms with Crippen LogP contribution in [0.4, 0.5) is 0 Å². The molecule has 1 aliphatic rings. The molecule has 1 aromatic rings. The molecule has 0 N–H and O–H groups in total. The van der Waals surface area contributed by atoms with E-state index < -0.39 is 6.04 Å². The molecule has 4 heteroatoms. The van der Waals surface area contributed by atoms with Crippen molar-refractivity contribution < 1.29 is 4.79 Å². The van der Waals surface area contributed by atoms with Crippen molar-refractivity contribution in [3.63, 3.8) is 0 Å². The van der Waals surface area contributed by atoms with Crippen molar-refractivity contribution >= 4 is 17.5 Å². The quantitative estimate of drug-likeness (QED) is 0.577. The normalized spacial score (nSPS) is 17.6. The second kappa shape index (κ2) is 7.58. The molecule has 1 atom stereocenters. The Balaban J connectivity index is 1.89. The summed E-state index contributed by atoms with van der Waals surface area (Å²) in [7, 11) is 0. The van der Waals surface area contributed by atoms with Crippen LogP contribution in [0.25, 0.3) is 0 Å². The predicted octanol–water partition coefficient (Wildman–Crippen LogP) is 4.37. The van der Waals surface area contributed by atoms with Crippen molar-refractivity contribution in [3.05, 3.63) is 34.7 Å². The summed E-state index contributed by atoms with van der Waals surface area (Å²) in [6.45, 7) is 2.04. The van der Waals surface area contributed by atoms with Crippen molar-refractivity contribution in [2.45, 2.75) is 50.0 Å². The average Bonchev–Trinajstić information content (AvgIpc) is 2.50. The fourth-order valence-electron chi connectivity index (χ4n) is 2.63. The molecule has 0 heterocycles. The van der Waals surface area contributed by atoms with E-state index in [4.69, 9.17) is 0 Å². The van der Waals surface area contributed by atoms with Gasteiger partial charge in [-0.2, -0.15) is 4.91 Å². The molecule has 0 radical (unpaired) electrons. The van der Waals surface area contributed by atoms with E-state index in [2.05, 4.69) is 5.18 Å². The Morgan fingerprint density at radius 2 is 1.90 bits per heavy atom. The van der Waals surface area contributed by atoms with Crippen molar-refractivity contribution in [3.8, 4) is 0 Å². The van der Waals surface area contributed by atoms with Gasteiger partial charge in [-0.25, -0.2) is 0 Å². The van der Waals surface area contributed by atoms with Gasteiger partial charge in [0.2, 0.25) is 0 Å². The maximum Gasteiger partial charge on any atom is 0.164 e. The minimum absolute atomic E-state index is 0.0549. The van der Waals surface area contributed by atoms with Crippen molar-refractivity contribution in [1.29, 1.82) is 0 Å². The zero-order chi connectivity index (χ0) is 14.4. The third-order valence-electron chi connectivity index (χ3n) is 3.89. The minimum Gasteiger partial charge on any atom is -0.297 e. The second-order valence-electron chi connectivity index (χ2n) is 5.48. The van der Waals surface area contributed by atoms with E-state index in [9.17, 15) is 9.70 Å². The zero-order valence-corrected chi connectivity index (χ0v) is 12.7. The van der Waals surface area contributed by atoms with E-state index in [1.807, 2.05) is 31.2 Å². The topological polar surface area (TPSA) is 46.5 Å². The molecule has 3 nitrogen and oxygen atoms in total. The summed E-state index contributed by atoms with van der Waals surface area (Å²) in [5.74, 6) is 0.575. The number of carbonyl (C=O) groups excluding carboxylic acids is 1. The Hall–Kier alpha value is -1.16. The first-order valence-electron chi connectivity index (χ1n) is 7.26. The summed E-state index contributed by atoms with van der Waals surface area (Å²) in [4.78, 5) is 24.4. The number of nitrogens with zero attached hydrogens (tertiary/aromatic N) is 1. The maximum atomic E-state index is 12.3. The number of nitroso groups, excluding NO2 is 1. The maximum absolute atomic E-state index is 12.3. The standard InChI is InChI=1S/C16H21NO2S/c1-12-7-9-14(10-8-12)20-11-15(17-19)16(18)13-5-3-2-4-6-13/h7-10,13,15H,2-6,11H2,1H3. The van der Waals surface area contributed by atoms with Gasteiger partial charge >= 0.3 is 0 Å². The fourth-order valence-corrected chi connectivity index (χ4v) is 3.54. The number of thioether (sulfide) groups is 1. The Bertz CT molecular complexity index is 452. The van der Waals surface area contributed by atoms with E-state index in [0.717, 1.165) is 30.6 Å². The van der Waals surface area contributed by atoms with Crippen LogP contribution in [0.2, 0.25) is 0 Å². The van der Waals surface area contributed by atoms with Crippen molar-refractivity contribution in [2.24, 2.45) is 11.1 Å². The Morgan fingerprint density at radius 1 is 1.25 bits per heavy atom. The molecule has 1 fully saturated rings. The van der Waals surface area contributed by atoms with Crippen LogP contribution in [0.5, 0.6) is 0 Å². The van der Waals surface area contributed by atoms with Gasteiger partial charge in [-0.05, 0) is 31.9 Å². The van der Waals surface area contributed by atoms with Gasteiger partial charge in [0, 0.05) is 16.6 Å². The van der Waals surface area contributed by atoms with E-state index >= 15 is 0 Å². The van der Waals surface area contributed by atoms with Crippen LogP contribution >= 0.6 is 11.8 Å². The Kier molecular flexibility index (Phi) is 5.77. The third-order valence-corrected chi connectivity index (χ3v) is 4.98. The molecule has 1 unspecified atom stereocenters. The van der Waals surface area contributed by atoms with Gasteiger partial charge in [0.25, 0.3) is 0 Å². The average molecular weight is 291 g/mol. The molecule has 1 saturated carbocycles. The number of rotatable bonds is 6. The highest BCUT2D eigenvalue weighted by atomic mass is 32.2. The highest BCUT2D eigenvalue weighted by Crippen LogP contribution is 2.28. The molecule has 0 bridgehead atoms. The lowest BCUT2D eigenvalue weighted by molar-refractivity contribution is -0.124. The second-order valence-corrected chi connectivity index (χ2v) is 6.58. The first-order chi connectivity index (χ1) is 9.70. The monoisotopic (exact) mass is 291 g/mol. The van der Waals surface area contributed by atoms with Crippen LogP contribution < -0.4 is 0 Å².